The lowest BCUT2D eigenvalue weighted by Crippen LogP contribution is -2.77. The van der Waals surface area contributed by atoms with Crippen molar-refractivity contribution in [3.05, 3.63) is 0 Å². The van der Waals surface area contributed by atoms with Gasteiger partial charge < -0.3 is 61.3 Å². The fraction of sp³-hybridized carbons (Fsp3) is 0.985. The highest BCUT2D eigenvalue weighted by molar-refractivity contribution is 5.87. The Labute approximate surface area is 862 Å². The van der Waals surface area contributed by atoms with E-state index in [1.54, 1.807) is 77.0 Å². The minimum Gasteiger partial charge on any atom is -0.400 e. The number of Topliss-reactive ketones (excluding diaryl/α,β-unsaturated/α-hetero) is 2. The average Bonchev–Trinajstić information content (AvgIpc) is 0.658. The molecule has 0 spiro atoms. The summed E-state index contributed by atoms with van der Waals surface area (Å²) in [6.45, 7) is 0. The zero-order chi connectivity index (χ0) is 96.9. The predicted octanol–water partition coefficient (Wildman–Crippen LogP) is 19.6. The van der Waals surface area contributed by atoms with Gasteiger partial charge in [0.1, 0.15) is 11.6 Å². The summed E-state index contributed by atoms with van der Waals surface area (Å²) in [5, 5.41) is 115. The molecule has 144 heavy (non-hydrogen) atoms. The van der Waals surface area contributed by atoms with Crippen LogP contribution in [-0.4, -0.2) is 146 Å². The van der Waals surface area contributed by atoms with Crippen LogP contribution in [-0.2, 0) is 9.59 Å². The van der Waals surface area contributed by atoms with E-state index in [1.165, 1.54) is 294 Å². The van der Waals surface area contributed by atoms with Crippen LogP contribution in [0.1, 0.15) is 334 Å². The van der Waals surface area contributed by atoms with Crippen molar-refractivity contribution in [1.82, 2.24) is 0 Å². The van der Waals surface area contributed by atoms with Crippen LogP contribution in [0.5, 0.6) is 0 Å². The summed E-state index contributed by atoms with van der Waals surface area (Å²) in [6, 6.07) is 0. The first-order valence-electron chi connectivity index (χ1n) is 64.4. The van der Waals surface area contributed by atoms with E-state index < -0.39 is 11.2 Å². The van der Waals surface area contributed by atoms with Gasteiger partial charge in [0.05, 0.1) is 44.8 Å². The van der Waals surface area contributed by atoms with Crippen molar-refractivity contribution in [2.24, 2.45) is 379 Å². The molecular formula is C130H192O14. The fourth-order valence-corrected chi connectivity index (χ4v) is 61.5. The molecule has 0 saturated heterocycles. The van der Waals surface area contributed by atoms with Gasteiger partial charge in [-0.3, -0.25) is 9.59 Å². The highest BCUT2D eigenvalue weighted by atomic mass is 16.3. The van der Waals surface area contributed by atoms with Crippen molar-refractivity contribution in [1.29, 1.82) is 0 Å². The maximum atomic E-state index is 12.3. The molecule has 0 aromatic carbocycles. The number of rotatable bonds is 0. The molecule has 0 aromatic heterocycles. The summed E-state index contributed by atoms with van der Waals surface area (Å²) >= 11 is 0. The summed E-state index contributed by atoms with van der Waals surface area (Å²) in [5.74, 6) is 59.4. The van der Waals surface area contributed by atoms with Crippen LogP contribution in [0.15, 0.2) is 0 Å². The zero-order valence-corrected chi connectivity index (χ0v) is 88.9. The van der Waals surface area contributed by atoms with Crippen LogP contribution in [0.3, 0.4) is 0 Å². The first kappa shape index (κ1) is 94.0. The Kier molecular flexibility index (Phi) is 20.9. The average molecular weight is 1980 g/mol. The van der Waals surface area contributed by atoms with Crippen molar-refractivity contribution < 1.29 is 70.9 Å². The molecule has 14 nitrogen and oxygen atoms in total. The fourth-order valence-electron chi connectivity index (χ4n) is 61.5. The van der Waals surface area contributed by atoms with Crippen molar-refractivity contribution in [2.45, 2.75) is 379 Å². The van der Waals surface area contributed by atoms with E-state index in [1.807, 2.05) is 0 Å². The topological polar surface area (TPSA) is 277 Å². The quantitative estimate of drug-likeness (QED) is 0.108. The second-order valence-electron chi connectivity index (χ2n) is 65.6. The number of carbonyl (C=O) groups excluding carboxylic acids is 2. The second-order valence-corrected chi connectivity index (χ2v) is 65.6. The van der Waals surface area contributed by atoms with E-state index >= 15 is 0 Å². The van der Waals surface area contributed by atoms with Crippen LogP contribution >= 0.6 is 0 Å². The minimum atomic E-state index is -0.488. The summed E-state index contributed by atoms with van der Waals surface area (Å²) in [7, 11) is 4.00. The molecule has 14 heteroatoms. The van der Waals surface area contributed by atoms with E-state index in [0.29, 0.717) is 101 Å². The van der Waals surface area contributed by atoms with Gasteiger partial charge >= 0.3 is 0 Å². The summed E-state index contributed by atoms with van der Waals surface area (Å²) in [4.78, 5) is 24.6. The molecule has 24 atom stereocenters. The summed E-state index contributed by atoms with van der Waals surface area (Å²) in [5.41, 5.74) is -2.80. The lowest BCUT2D eigenvalue weighted by atomic mass is 9.32. The summed E-state index contributed by atoms with van der Waals surface area (Å²) < 4.78 is 0. The highest BCUT2D eigenvalue weighted by Gasteiger charge is 2.81. The molecule has 12 N–H and O–H groups in total. The molecule has 0 heterocycles. The Morgan fingerprint density at radius 3 is 0.590 bits per heavy atom. The van der Waals surface area contributed by atoms with Crippen LogP contribution in [0.4, 0.5) is 0 Å². The van der Waals surface area contributed by atoms with Crippen LogP contribution in [0, 0.1) is 379 Å². The summed E-state index contributed by atoms with van der Waals surface area (Å²) in [6.07, 6.45) is 70.6. The van der Waals surface area contributed by atoms with Gasteiger partial charge in [0.2, 0.25) is 0 Å². The van der Waals surface area contributed by atoms with Crippen molar-refractivity contribution in [3.63, 3.8) is 0 Å². The Bertz CT molecular complexity index is 4480. The van der Waals surface area contributed by atoms with Gasteiger partial charge in [0, 0.05) is 58.5 Å². The predicted molar refractivity (Wildman–Crippen MR) is 546 cm³/mol. The number of carbonyl (C=O) groups is 2. The lowest BCUT2D eigenvalue weighted by molar-refractivity contribution is -0.341. The molecule has 0 radical (unpaired) electrons. The van der Waals surface area contributed by atoms with Crippen molar-refractivity contribution in [3.8, 4) is 0 Å². The number of aliphatic hydroxyl groups is 12. The van der Waals surface area contributed by atoms with Crippen molar-refractivity contribution in [2.75, 3.05) is 28.4 Å². The monoisotopic (exact) mass is 1980 g/mol. The molecule has 63 aliphatic carbocycles. The smallest absolute Gasteiger partial charge is 0.139 e. The van der Waals surface area contributed by atoms with Gasteiger partial charge in [-0.2, -0.15) is 0 Å². The molecule has 63 rings (SSSR count). The second kappa shape index (κ2) is 31.9. The number of aliphatic hydroxyl groups excluding tert-OH is 4. The van der Waals surface area contributed by atoms with E-state index in [0.717, 1.165) is 281 Å². The molecule has 0 aliphatic heterocycles. The highest BCUT2D eigenvalue weighted by Crippen LogP contribution is 2.83. The van der Waals surface area contributed by atoms with E-state index in [2.05, 4.69) is 0 Å². The molecule has 796 valence electrons. The van der Waals surface area contributed by atoms with Crippen LogP contribution in [0.25, 0.3) is 0 Å². The Morgan fingerprint density at radius 2 is 0.312 bits per heavy atom. The SMILES string of the molecule is C1C2CC3C4CC5CC(C14)C(C2)C3C5.C1C2CC3C4CC5CC(C14)C(C2)C3C5.CO.CO.CO.CO.O=C1C2CC3C4CC5CC3C1C(C5)C4C2.O=C1C2CC3C4CC5CC3C1C(C5)C4C2.OC12CC3C4CC5CC3C(C1)C(C5)C4C2.OC12CC3C4CC5CC3C(C1)C(O)(C5)C4C2.OC12CC3C4CC5CC3C(O)(C1)C(C5)C4C2.OC12CC3CC4C1CC1CC2C(C3)C4(O)C1.OC12CC3CC4C5CC(CC41)CC2C5C3. The number of hydrogen-bond donors (Lipinski definition) is 12. The normalized spacial score (nSPS) is 68.2. The van der Waals surface area contributed by atoms with Crippen LogP contribution < -0.4 is 0 Å². The van der Waals surface area contributed by atoms with Gasteiger partial charge in [-0.1, -0.05) is 0 Å². The molecule has 63 aliphatic rings. The third kappa shape index (κ3) is 12.3. The maximum absolute atomic E-state index is 12.3. The van der Waals surface area contributed by atoms with Gasteiger partial charge in [0.25, 0.3) is 0 Å². The molecule has 72 bridgehead atoms. The Balaban J connectivity index is 0.0000000706. The minimum absolute atomic E-state index is 0.177. The van der Waals surface area contributed by atoms with E-state index in [9.17, 15) is 50.4 Å². The van der Waals surface area contributed by atoms with Gasteiger partial charge in [-0.25, -0.2) is 0 Å². The van der Waals surface area contributed by atoms with E-state index in [4.69, 9.17) is 20.4 Å². The van der Waals surface area contributed by atoms with E-state index in [-0.39, 0.29) is 33.6 Å². The largest absolute Gasteiger partial charge is 0.400 e. The zero-order valence-electron chi connectivity index (χ0n) is 88.9. The molecule has 0 amide bonds. The number of hydrogen-bond acceptors (Lipinski definition) is 14. The molecule has 63 fully saturated rings. The first-order valence-corrected chi connectivity index (χ1v) is 64.4. The maximum Gasteiger partial charge on any atom is 0.139 e. The van der Waals surface area contributed by atoms with Crippen LogP contribution in [0.2, 0.25) is 0 Å². The first-order chi connectivity index (χ1) is 69.7. The Morgan fingerprint density at radius 1 is 0.146 bits per heavy atom. The Hall–Kier alpha value is -1.14. The molecular weight excluding hydrogens is 1790 g/mol. The number of ketones is 2. The molecule has 0 aromatic rings. The third-order valence-corrected chi connectivity index (χ3v) is 62.6. The van der Waals surface area contributed by atoms with Gasteiger partial charge in [-0.05, 0) is 683 Å². The van der Waals surface area contributed by atoms with Gasteiger partial charge in [-0.15, -0.1) is 0 Å². The third-order valence-electron chi connectivity index (χ3n) is 62.6. The van der Waals surface area contributed by atoms with Gasteiger partial charge in [0.15, 0.2) is 0 Å². The van der Waals surface area contributed by atoms with Crippen molar-refractivity contribution >= 4 is 11.6 Å². The standard InChI is InChI=1S/3C14H20O2.2C14H20O.2C14H18O.2C14H20.4CH4O/c15-13-6-8-3-10-9(13)1-7-2-11(13)12(4-8)14(10,16)5-7;15-13-4-9-8-1-7-2-11(9)14(16,6-13)12(3-7)10(8)5-13;15-13-4-10-8-1-7-2-9(10)12(6-13)14(16,3-7)11(8)5-13;15-14-6-8-2-10-9-1-7(4-12(10)14)5-13(14)11(9)3-8;15-14-4-11-8-1-7-2-9(11)13(6-14)10(3-7)12(8)5-14;2*15-14-7-4-9-8-1-6-2-11(9)13(14)12(3-6)10(8)5-7;2*1-7-2-12-10-4-8-5-11(9(1)10)13(3-7)14(12)6-8;4*1-2/h3*7-12,15-16H,1-6H2;2*7-13,15H,1-6H2;2*6-13H,1-5H2;2*7-14H,1-6H2;4*2H,1H3. The molecule has 24 unspecified atom stereocenters. The molecule has 63 saturated carbocycles. The lowest BCUT2D eigenvalue weighted by Gasteiger charge is -2.75.